The van der Waals surface area contributed by atoms with Crippen LogP contribution in [0.4, 0.5) is 4.39 Å². The monoisotopic (exact) mass is 436 g/mol. The summed E-state index contributed by atoms with van der Waals surface area (Å²) in [5.41, 5.74) is 1.87. The van der Waals surface area contributed by atoms with Crippen molar-refractivity contribution in [3.05, 3.63) is 88.8 Å². The number of pyridine rings is 1. The minimum Gasteiger partial charge on any atom is -0.493 e. The first-order chi connectivity index (χ1) is 15.0. The van der Waals surface area contributed by atoms with E-state index in [1.807, 2.05) is 37.3 Å². The van der Waals surface area contributed by atoms with Gasteiger partial charge in [-0.2, -0.15) is 0 Å². The van der Waals surface area contributed by atoms with Crippen LogP contribution in [-0.2, 0) is 6.61 Å². The van der Waals surface area contributed by atoms with E-state index >= 15 is 0 Å². The Labute approximate surface area is 183 Å². The number of aromatic nitrogens is 1. The van der Waals surface area contributed by atoms with E-state index in [2.05, 4.69) is 10.3 Å². The van der Waals surface area contributed by atoms with E-state index in [4.69, 9.17) is 9.47 Å². The van der Waals surface area contributed by atoms with Crippen LogP contribution >= 0.6 is 11.3 Å². The quantitative estimate of drug-likeness (QED) is 0.415. The van der Waals surface area contributed by atoms with Gasteiger partial charge in [-0.25, -0.2) is 4.39 Å². The molecule has 0 spiro atoms. The minimum atomic E-state index is -0.326. The molecule has 0 fully saturated rings. The second-order valence-corrected chi connectivity index (χ2v) is 8.10. The molecule has 0 radical (unpaired) electrons. The van der Waals surface area contributed by atoms with Gasteiger partial charge >= 0.3 is 0 Å². The van der Waals surface area contributed by atoms with Crippen LogP contribution < -0.4 is 14.8 Å². The molecule has 158 valence electrons. The molecule has 0 unspecified atom stereocenters. The molecular formula is C24H21FN2O3S. The number of thiophene rings is 1. The van der Waals surface area contributed by atoms with E-state index in [-0.39, 0.29) is 17.8 Å². The molecule has 0 saturated heterocycles. The third-order valence-corrected chi connectivity index (χ3v) is 6.01. The van der Waals surface area contributed by atoms with Crippen LogP contribution in [0.25, 0.3) is 10.1 Å². The molecule has 0 aliphatic rings. The maximum absolute atomic E-state index is 13.9. The molecule has 0 bridgehead atoms. The van der Waals surface area contributed by atoms with E-state index in [1.165, 1.54) is 17.4 Å². The smallest absolute Gasteiger partial charge is 0.261 e. The van der Waals surface area contributed by atoms with Crippen molar-refractivity contribution in [1.82, 2.24) is 10.3 Å². The summed E-state index contributed by atoms with van der Waals surface area (Å²) in [6.45, 7) is 2.28. The second kappa shape index (κ2) is 9.14. The molecule has 4 rings (SSSR count). The van der Waals surface area contributed by atoms with E-state index in [9.17, 15) is 9.18 Å². The molecule has 0 aliphatic heterocycles. The van der Waals surface area contributed by atoms with Crippen molar-refractivity contribution >= 4 is 27.3 Å². The largest absolute Gasteiger partial charge is 0.493 e. The summed E-state index contributed by atoms with van der Waals surface area (Å²) in [6, 6.07) is 15.5. The summed E-state index contributed by atoms with van der Waals surface area (Å²) >= 11 is 1.27. The third-order valence-electron chi connectivity index (χ3n) is 4.91. The number of hydrogen-bond acceptors (Lipinski definition) is 5. The van der Waals surface area contributed by atoms with Crippen molar-refractivity contribution in [1.29, 1.82) is 0 Å². The summed E-state index contributed by atoms with van der Waals surface area (Å²) in [5, 5.41) is 3.43. The molecule has 7 heteroatoms. The van der Waals surface area contributed by atoms with Crippen molar-refractivity contribution in [3.63, 3.8) is 0 Å². The van der Waals surface area contributed by atoms with Gasteiger partial charge in [-0.15, -0.1) is 11.3 Å². The highest BCUT2D eigenvalue weighted by molar-refractivity contribution is 7.20. The van der Waals surface area contributed by atoms with Crippen LogP contribution in [-0.4, -0.2) is 18.0 Å². The molecule has 0 aliphatic carbocycles. The zero-order valence-corrected chi connectivity index (χ0v) is 17.9. The summed E-state index contributed by atoms with van der Waals surface area (Å²) in [7, 11) is 1.58. The molecule has 1 atom stereocenters. The van der Waals surface area contributed by atoms with Crippen LogP contribution in [0, 0.1) is 5.82 Å². The minimum absolute atomic E-state index is 0.245. The van der Waals surface area contributed by atoms with Gasteiger partial charge in [0, 0.05) is 22.5 Å². The number of nitrogens with one attached hydrogen (secondary N) is 1. The number of rotatable bonds is 7. The number of nitrogens with zero attached hydrogens (tertiary/aromatic N) is 1. The van der Waals surface area contributed by atoms with Gasteiger partial charge in [-0.3, -0.25) is 9.78 Å². The van der Waals surface area contributed by atoms with Gasteiger partial charge in [-0.05, 0) is 60.5 Å². The van der Waals surface area contributed by atoms with Crippen molar-refractivity contribution in [3.8, 4) is 11.5 Å². The Bertz CT molecular complexity index is 1210. The Kier molecular flexibility index (Phi) is 6.13. The maximum atomic E-state index is 13.9. The van der Waals surface area contributed by atoms with Gasteiger partial charge in [-0.1, -0.05) is 12.1 Å². The summed E-state index contributed by atoms with van der Waals surface area (Å²) in [5.74, 6) is 0.621. The zero-order chi connectivity index (χ0) is 21.8. The first-order valence-corrected chi connectivity index (χ1v) is 10.6. The maximum Gasteiger partial charge on any atom is 0.261 e. The topological polar surface area (TPSA) is 60.5 Å². The fraction of sp³-hybridized carbons (Fsp3) is 0.167. The molecular weight excluding hydrogens is 415 g/mol. The predicted molar refractivity (Wildman–Crippen MR) is 119 cm³/mol. The fourth-order valence-corrected chi connectivity index (χ4v) is 4.18. The van der Waals surface area contributed by atoms with Gasteiger partial charge in [0.15, 0.2) is 11.5 Å². The lowest BCUT2D eigenvalue weighted by Crippen LogP contribution is -2.25. The van der Waals surface area contributed by atoms with Crippen LogP contribution in [0.15, 0.2) is 67.0 Å². The highest BCUT2D eigenvalue weighted by atomic mass is 32.1. The standard InChI is InChI=1S/C24H21FN2O3S/c1-15(27-24(28)23-13-18-19(25)4-3-5-22(18)31-23)17-6-7-20(21(12-17)29-2)30-14-16-8-10-26-11-9-16/h3-13,15H,14H2,1-2H3,(H,27,28)/t15-/m1/s1. The Morgan fingerprint density at radius 3 is 2.68 bits per heavy atom. The first kappa shape index (κ1) is 20.8. The molecule has 2 heterocycles. The summed E-state index contributed by atoms with van der Waals surface area (Å²) < 4.78 is 26.0. The van der Waals surface area contributed by atoms with Crippen molar-refractivity contribution in [2.24, 2.45) is 0 Å². The number of carbonyl (C=O) groups excluding carboxylic acids is 1. The van der Waals surface area contributed by atoms with Gasteiger partial charge in [0.25, 0.3) is 5.91 Å². The zero-order valence-electron chi connectivity index (χ0n) is 17.1. The lowest BCUT2D eigenvalue weighted by atomic mass is 10.1. The van der Waals surface area contributed by atoms with E-state index in [0.29, 0.717) is 28.4 Å². The average molecular weight is 437 g/mol. The van der Waals surface area contributed by atoms with E-state index in [0.717, 1.165) is 15.8 Å². The van der Waals surface area contributed by atoms with E-state index < -0.39 is 0 Å². The number of ether oxygens (including phenoxy) is 2. The number of hydrogen-bond donors (Lipinski definition) is 1. The lowest BCUT2D eigenvalue weighted by Gasteiger charge is -2.17. The van der Waals surface area contributed by atoms with Gasteiger partial charge in [0.2, 0.25) is 0 Å². The number of halogens is 1. The molecule has 2 aromatic carbocycles. The molecule has 1 N–H and O–H groups in total. The number of carbonyl (C=O) groups is 1. The highest BCUT2D eigenvalue weighted by Gasteiger charge is 2.17. The Morgan fingerprint density at radius 1 is 1.13 bits per heavy atom. The fourth-order valence-electron chi connectivity index (χ4n) is 3.20. The lowest BCUT2D eigenvalue weighted by molar-refractivity contribution is 0.0944. The van der Waals surface area contributed by atoms with Crippen molar-refractivity contribution in [2.45, 2.75) is 19.6 Å². The number of benzene rings is 2. The van der Waals surface area contributed by atoms with E-state index in [1.54, 1.807) is 37.7 Å². The van der Waals surface area contributed by atoms with Gasteiger partial charge in [0.1, 0.15) is 12.4 Å². The van der Waals surface area contributed by atoms with Crippen LogP contribution in [0.5, 0.6) is 11.5 Å². The van der Waals surface area contributed by atoms with Gasteiger partial charge in [0.05, 0.1) is 18.0 Å². The second-order valence-electron chi connectivity index (χ2n) is 7.01. The third kappa shape index (κ3) is 4.67. The number of fused-ring (bicyclic) bond motifs is 1. The molecule has 5 nitrogen and oxygen atoms in total. The van der Waals surface area contributed by atoms with Crippen LogP contribution in [0.1, 0.15) is 33.8 Å². The van der Waals surface area contributed by atoms with Crippen molar-refractivity contribution < 1.29 is 18.7 Å². The molecule has 0 saturated carbocycles. The summed E-state index contributed by atoms with van der Waals surface area (Å²) in [4.78, 5) is 17.2. The molecule has 1 amide bonds. The average Bonchev–Trinajstić information content (AvgIpc) is 3.24. The Hall–Kier alpha value is -3.45. The normalized spacial score (nSPS) is 11.8. The Balaban J connectivity index is 1.46. The predicted octanol–water partition coefficient (Wildman–Crippen LogP) is 5.51. The summed E-state index contributed by atoms with van der Waals surface area (Å²) in [6.07, 6.45) is 3.43. The van der Waals surface area contributed by atoms with Crippen molar-refractivity contribution in [2.75, 3.05) is 7.11 Å². The first-order valence-electron chi connectivity index (χ1n) is 9.73. The molecule has 31 heavy (non-hydrogen) atoms. The highest BCUT2D eigenvalue weighted by Crippen LogP contribution is 2.32. The Morgan fingerprint density at radius 2 is 1.94 bits per heavy atom. The van der Waals surface area contributed by atoms with Gasteiger partial charge < -0.3 is 14.8 Å². The molecule has 4 aromatic rings. The number of methoxy groups -OCH3 is 1. The number of amides is 1. The SMILES string of the molecule is COc1cc([C@@H](C)NC(=O)c2cc3c(F)cccc3s2)ccc1OCc1ccncc1. The van der Waals surface area contributed by atoms with Crippen LogP contribution in [0.3, 0.4) is 0 Å². The molecule has 2 aromatic heterocycles. The van der Waals surface area contributed by atoms with Crippen LogP contribution in [0.2, 0.25) is 0 Å².